The van der Waals surface area contributed by atoms with Gasteiger partial charge in [-0.05, 0) is 24.7 Å². The van der Waals surface area contributed by atoms with Gasteiger partial charge in [0.2, 0.25) is 0 Å². The highest BCUT2D eigenvalue weighted by Crippen LogP contribution is 2.31. The molecular formula is C11H24N2O2. The molecule has 0 spiro atoms. The fourth-order valence-corrected chi connectivity index (χ4v) is 2.47. The molecule has 1 saturated carbocycles. The maximum Gasteiger partial charge on any atom is 0.173 e. The van der Waals surface area contributed by atoms with E-state index in [4.69, 9.17) is 15.3 Å². The van der Waals surface area contributed by atoms with Crippen LogP contribution in [0.4, 0.5) is 0 Å². The van der Waals surface area contributed by atoms with Crippen molar-refractivity contribution >= 4 is 0 Å². The molecular weight excluding hydrogens is 192 g/mol. The molecule has 3 N–H and O–H groups in total. The van der Waals surface area contributed by atoms with Crippen molar-refractivity contribution in [1.29, 1.82) is 0 Å². The van der Waals surface area contributed by atoms with Crippen LogP contribution in [0.15, 0.2) is 0 Å². The van der Waals surface area contributed by atoms with Crippen molar-refractivity contribution in [3.63, 3.8) is 0 Å². The molecule has 1 rings (SSSR count). The van der Waals surface area contributed by atoms with Gasteiger partial charge in [-0.1, -0.05) is 19.8 Å². The third-order valence-electron chi connectivity index (χ3n) is 3.52. The van der Waals surface area contributed by atoms with E-state index >= 15 is 0 Å². The van der Waals surface area contributed by atoms with Crippen LogP contribution in [0.5, 0.6) is 0 Å². The lowest BCUT2D eigenvalue weighted by Gasteiger charge is -2.35. The number of hydrazine groups is 1. The van der Waals surface area contributed by atoms with Crippen LogP contribution in [0.2, 0.25) is 0 Å². The van der Waals surface area contributed by atoms with Gasteiger partial charge in [0.05, 0.1) is 6.04 Å². The lowest BCUT2D eigenvalue weighted by Crippen LogP contribution is -2.51. The third kappa shape index (κ3) is 3.41. The topological polar surface area (TPSA) is 56.5 Å². The Morgan fingerprint density at radius 2 is 1.67 bits per heavy atom. The molecule has 0 radical (unpaired) electrons. The maximum atomic E-state index is 5.58. The van der Waals surface area contributed by atoms with Crippen LogP contribution in [0, 0.1) is 11.8 Å². The molecule has 0 aromatic heterocycles. The zero-order chi connectivity index (χ0) is 11.3. The van der Waals surface area contributed by atoms with Crippen LogP contribution in [-0.2, 0) is 9.47 Å². The van der Waals surface area contributed by atoms with Crippen LogP contribution in [-0.4, -0.2) is 26.6 Å². The Bertz CT molecular complexity index is 166. The van der Waals surface area contributed by atoms with Gasteiger partial charge in [0.25, 0.3) is 0 Å². The van der Waals surface area contributed by atoms with E-state index in [2.05, 4.69) is 12.3 Å². The van der Waals surface area contributed by atoms with Crippen LogP contribution in [0.25, 0.3) is 0 Å². The number of ether oxygens (including phenoxy) is 2. The Morgan fingerprint density at radius 3 is 2.07 bits per heavy atom. The zero-order valence-electron chi connectivity index (χ0n) is 10.0. The van der Waals surface area contributed by atoms with Crippen molar-refractivity contribution in [2.45, 2.75) is 44.9 Å². The normalized spacial score (nSPS) is 29.4. The number of hydrogen-bond acceptors (Lipinski definition) is 4. The van der Waals surface area contributed by atoms with Crippen molar-refractivity contribution < 1.29 is 9.47 Å². The molecule has 1 unspecified atom stereocenters. The summed E-state index contributed by atoms with van der Waals surface area (Å²) in [5.74, 6) is 7.00. The largest absolute Gasteiger partial charge is 0.354 e. The summed E-state index contributed by atoms with van der Waals surface area (Å²) in [4.78, 5) is 0. The van der Waals surface area contributed by atoms with E-state index in [1.165, 1.54) is 25.7 Å². The first kappa shape index (κ1) is 12.9. The highest BCUT2D eigenvalue weighted by molar-refractivity contribution is 4.82. The van der Waals surface area contributed by atoms with Crippen LogP contribution in [0.1, 0.15) is 32.6 Å². The Labute approximate surface area is 92.5 Å². The molecule has 0 amide bonds. The van der Waals surface area contributed by atoms with Gasteiger partial charge in [-0.25, -0.2) is 0 Å². The van der Waals surface area contributed by atoms with Gasteiger partial charge in [0, 0.05) is 14.2 Å². The number of rotatable bonds is 5. The molecule has 1 fully saturated rings. The SMILES string of the molecule is COC(OC)C(NN)C1CCC(C)CC1. The number of methoxy groups -OCH3 is 2. The second-order valence-electron chi connectivity index (χ2n) is 4.55. The van der Waals surface area contributed by atoms with Crippen LogP contribution in [0.3, 0.4) is 0 Å². The smallest absolute Gasteiger partial charge is 0.173 e. The summed E-state index contributed by atoms with van der Waals surface area (Å²) in [6, 6.07) is 0.104. The minimum atomic E-state index is -0.242. The molecule has 90 valence electrons. The van der Waals surface area contributed by atoms with Crippen molar-refractivity contribution in [2.75, 3.05) is 14.2 Å². The minimum absolute atomic E-state index is 0.104. The van der Waals surface area contributed by atoms with E-state index in [1.54, 1.807) is 14.2 Å². The molecule has 0 aromatic carbocycles. The van der Waals surface area contributed by atoms with Crippen molar-refractivity contribution in [3.8, 4) is 0 Å². The summed E-state index contributed by atoms with van der Waals surface area (Å²) in [7, 11) is 3.31. The molecule has 4 heteroatoms. The van der Waals surface area contributed by atoms with Crippen molar-refractivity contribution in [3.05, 3.63) is 0 Å². The summed E-state index contributed by atoms with van der Waals surface area (Å²) in [6.07, 6.45) is 4.73. The molecule has 0 saturated heterocycles. The Morgan fingerprint density at radius 1 is 1.13 bits per heavy atom. The molecule has 1 aliphatic carbocycles. The Balaban J connectivity index is 2.50. The first-order chi connectivity index (χ1) is 7.22. The minimum Gasteiger partial charge on any atom is -0.354 e. The molecule has 0 aliphatic heterocycles. The zero-order valence-corrected chi connectivity index (χ0v) is 10.0. The number of nitrogens with one attached hydrogen (secondary N) is 1. The molecule has 15 heavy (non-hydrogen) atoms. The van der Waals surface area contributed by atoms with E-state index in [0.29, 0.717) is 5.92 Å². The monoisotopic (exact) mass is 216 g/mol. The summed E-state index contributed by atoms with van der Waals surface area (Å²) in [5, 5.41) is 0. The van der Waals surface area contributed by atoms with Gasteiger partial charge in [-0.15, -0.1) is 0 Å². The highest BCUT2D eigenvalue weighted by Gasteiger charge is 2.31. The first-order valence-corrected chi connectivity index (χ1v) is 5.74. The van der Waals surface area contributed by atoms with E-state index in [1.807, 2.05) is 0 Å². The predicted octanol–water partition coefficient (Wildman–Crippen LogP) is 1.26. The lowest BCUT2D eigenvalue weighted by atomic mass is 9.79. The highest BCUT2D eigenvalue weighted by atomic mass is 16.7. The summed E-state index contributed by atoms with van der Waals surface area (Å²) in [5.41, 5.74) is 2.84. The third-order valence-corrected chi connectivity index (χ3v) is 3.52. The average molecular weight is 216 g/mol. The lowest BCUT2D eigenvalue weighted by molar-refractivity contribution is -0.136. The van der Waals surface area contributed by atoms with Gasteiger partial charge in [-0.3, -0.25) is 11.3 Å². The van der Waals surface area contributed by atoms with Gasteiger partial charge >= 0.3 is 0 Å². The quantitative estimate of drug-likeness (QED) is 0.413. The second kappa shape index (κ2) is 6.43. The van der Waals surface area contributed by atoms with E-state index < -0.39 is 0 Å². The van der Waals surface area contributed by atoms with E-state index in [9.17, 15) is 0 Å². The number of nitrogens with two attached hydrogens (primary N) is 1. The molecule has 1 aliphatic rings. The summed E-state index contributed by atoms with van der Waals surface area (Å²) in [6.45, 7) is 2.31. The van der Waals surface area contributed by atoms with Gasteiger partial charge < -0.3 is 9.47 Å². The molecule has 4 nitrogen and oxygen atoms in total. The second-order valence-corrected chi connectivity index (χ2v) is 4.55. The van der Waals surface area contributed by atoms with Gasteiger partial charge in [0.15, 0.2) is 6.29 Å². The van der Waals surface area contributed by atoms with Gasteiger partial charge in [-0.2, -0.15) is 0 Å². The Hall–Kier alpha value is -0.160. The maximum absolute atomic E-state index is 5.58. The fourth-order valence-electron chi connectivity index (χ4n) is 2.47. The predicted molar refractivity (Wildman–Crippen MR) is 60.0 cm³/mol. The van der Waals surface area contributed by atoms with Crippen molar-refractivity contribution in [1.82, 2.24) is 5.43 Å². The number of hydrogen-bond donors (Lipinski definition) is 2. The molecule has 0 heterocycles. The Kier molecular flexibility index (Phi) is 5.53. The van der Waals surface area contributed by atoms with Crippen LogP contribution < -0.4 is 11.3 Å². The standard InChI is InChI=1S/C11H24N2O2/c1-8-4-6-9(7-5-8)10(13-12)11(14-2)15-3/h8-11,13H,4-7,12H2,1-3H3. The summed E-state index contributed by atoms with van der Waals surface area (Å²) < 4.78 is 10.5. The molecule has 0 bridgehead atoms. The van der Waals surface area contributed by atoms with E-state index in [-0.39, 0.29) is 12.3 Å². The fraction of sp³-hybridized carbons (Fsp3) is 1.00. The summed E-state index contributed by atoms with van der Waals surface area (Å²) >= 11 is 0. The molecule has 1 atom stereocenters. The van der Waals surface area contributed by atoms with Crippen molar-refractivity contribution in [2.24, 2.45) is 17.7 Å². The van der Waals surface area contributed by atoms with Gasteiger partial charge in [0.1, 0.15) is 0 Å². The van der Waals surface area contributed by atoms with Crippen LogP contribution >= 0.6 is 0 Å². The van der Waals surface area contributed by atoms with E-state index in [0.717, 1.165) is 5.92 Å². The molecule has 0 aromatic rings. The first-order valence-electron chi connectivity index (χ1n) is 5.74. The average Bonchev–Trinajstić information content (AvgIpc) is 2.27.